The predicted octanol–water partition coefficient (Wildman–Crippen LogP) is 3.76. The first-order valence-electron chi connectivity index (χ1n) is 7.71. The van der Waals surface area contributed by atoms with Crippen LogP contribution >= 0.6 is 11.3 Å². The highest BCUT2D eigenvalue weighted by Crippen LogP contribution is 2.38. The molecule has 0 amide bonds. The summed E-state index contributed by atoms with van der Waals surface area (Å²) < 4.78 is 33.1. The minimum Gasteiger partial charge on any atom is -0.496 e. The zero-order valence-corrected chi connectivity index (χ0v) is 15.2. The molecule has 2 aromatic rings. The van der Waals surface area contributed by atoms with Crippen molar-refractivity contribution in [2.45, 2.75) is 37.6 Å². The Hall–Kier alpha value is -1.37. The average molecular weight is 351 g/mol. The molecular weight excluding hydrogens is 330 g/mol. The molecule has 1 aromatic heterocycles. The maximum atomic E-state index is 13.1. The number of sulfonamides is 1. The number of methoxy groups -OCH3 is 1. The van der Waals surface area contributed by atoms with Crippen molar-refractivity contribution in [1.82, 2.24) is 4.31 Å². The minimum absolute atomic E-state index is 0.0718. The molecule has 1 atom stereocenters. The molecule has 4 nitrogen and oxygen atoms in total. The van der Waals surface area contributed by atoms with E-state index in [0.29, 0.717) is 17.2 Å². The number of thiophene rings is 1. The third-order valence-corrected chi connectivity index (χ3v) is 7.31. The second kappa shape index (κ2) is 6.26. The lowest BCUT2D eigenvalue weighted by Crippen LogP contribution is -2.39. The second-order valence-corrected chi connectivity index (χ2v) is 8.61. The first-order valence-corrected chi connectivity index (χ1v) is 10.0. The Morgan fingerprint density at radius 1 is 1.35 bits per heavy atom. The van der Waals surface area contributed by atoms with E-state index in [-0.39, 0.29) is 6.04 Å². The van der Waals surface area contributed by atoms with E-state index in [1.165, 1.54) is 4.88 Å². The van der Waals surface area contributed by atoms with Crippen LogP contribution in [0, 0.1) is 6.92 Å². The molecule has 0 saturated carbocycles. The van der Waals surface area contributed by atoms with Crippen molar-refractivity contribution < 1.29 is 13.2 Å². The van der Waals surface area contributed by atoms with Gasteiger partial charge < -0.3 is 4.74 Å². The lowest BCUT2D eigenvalue weighted by molar-refractivity contribution is 0.303. The fraction of sp³-hybridized carbons (Fsp3) is 0.412. The Kier molecular flexibility index (Phi) is 4.49. The molecule has 0 N–H and O–H groups in total. The van der Waals surface area contributed by atoms with E-state index < -0.39 is 10.0 Å². The van der Waals surface area contributed by atoms with Crippen molar-refractivity contribution in [2.24, 2.45) is 0 Å². The highest BCUT2D eigenvalue weighted by molar-refractivity contribution is 7.89. The molecule has 3 rings (SSSR count). The molecule has 2 heterocycles. The monoisotopic (exact) mass is 351 g/mol. The van der Waals surface area contributed by atoms with Crippen molar-refractivity contribution in [2.75, 3.05) is 13.7 Å². The fourth-order valence-electron chi connectivity index (χ4n) is 3.23. The standard InChI is InChI=1S/C17H21NO3S2/c1-4-15-14-8-10-22-17(14)7-9-18(15)23(19,20)13-5-6-16(21-3)12(2)11-13/h5-6,8,10-11,15H,4,7,9H2,1-3H3. The van der Waals surface area contributed by atoms with Crippen LogP contribution in [0.5, 0.6) is 5.75 Å². The van der Waals surface area contributed by atoms with E-state index in [2.05, 4.69) is 11.4 Å². The SMILES string of the molecule is CCC1c2ccsc2CCN1S(=O)(=O)c1ccc(OC)c(C)c1. The largest absolute Gasteiger partial charge is 0.496 e. The molecule has 124 valence electrons. The van der Waals surface area contributed by atoms with E-state index >= 15 is 0 Å². The van der Waals surface area contributed by atoms with Crippen LogP contribution in [0.1, 0.15) is 35.4 Å². The van der Waals surface area contributed by atoms with Gasteiger partial charge in [0.25, 0.3) is 0 Å². The highest BCUT2D eigenvalue weighted by Gasteiger charge is 2.36. The van der Waals surface area contributed by atoms with Gasteiger partial charge in [-0.3, -0.25) is 0 Å². The maximum absolute atomic E-state index is 13.1. The van der Waals surface area contributed by atoms with Crippen molar-refractivity contribution in [3.63, 3.8) is 0 Å². The summed E-state index contributed by atoms with van der Waals surface area (Å²) in [5, 5.41) is 2.06. The first-order chi connectivity index (χ1) is 11.0. The smallest absolute Gasteiger partial charge is 0.243 e. The molecule has 0 spiro atoms. The normalized spacial score (nSPS) is 18.7. The Morgan fingerprint density at radius 3 is 2.78 bits per heavy atom. The Labute approximate surface area is 141 Å². The average Bonchev–Trinajstić information content (AvgIpc) is 3.02. The molecule has 6 heteroatoms. The molecule has 0 saturated heterocycles. The first kappa shape index (κ1) is 16.5. The maximum Gasteiger partial charge on any atom is 0.243 e. The van der Waals surface area contributed by atoms with Gasteiger partial charge in [0, 0.05) is 11.4 Å². The van der Waals surface area contributed by atoms with Crippen LogP contribution in [0.2, 0.25) is 0 Å². The van der Waals surface area contributed by atoms with E-state index in [0.717, 1.165) is 24.0 Å². The van der Waals surface area contributed by atoms with E-state index in [1.807, 2.05) is 13.8 Å². The van der Waals surface area contributed by atoms with Gasteiger partial charge in [-0.05, 0) is 60.5 Å². The number of nitrogens with zero attached hydrogens (tertiary/aromatic N) is 1. The summed E-state index contributed by atoms with van der Waals surface area (Å²) in [6, 6.07) is 7.05. The zero-order valence-electron chi connectivity index (χ0n) is 13.6. The van der Waals surface area contributed by atoms with E-state index in [1.54, 1.807) is 41.0 Å². The van der Waals surface area contributed by atoms with Gasteiger partial charge in [-0.2, -0.15) is 4.31 Å². The van der Waals surface area contributed by atoms with Gasteiger partial charge >= 0.3 is 0 Å². The topological polar surface area (TPSA) is 46.6 Å². The van der Waals surface area contributed by atoms with Crippen LogP contribution in [-0.4, -0.2) is 26.4 Å². The van der Waals surface area contributed by atoms with Crippen LogP contribution in [0.4, 0.5) is 0 Å². The number of hydrogen-bond donors (Lipinski definition) is 0. The predicted molar refractivity (Wildman–Crippen MR) is 92.7 cm³/mol. The van der Waals surface area contributed by atoms with Crippen LogP contribution in [0.3, 0.4) is 0 Å². The fourth-order valence-corrected chi connectivity index (χ4v) is 5.93. The summed E-state index contributed by atoms with van der Waals surface area (Å²) in [7, 11) is -1.92. The number of rotatable bonds is 4. The summed E-state index contributed by atoms with van der Waals surface area (Å²) >= 11 is 1.72. The third-order valence-electron chi connectivity index (χ3n) is 4.41. The van der Waals surface area contributed by atoms with Gasteiger partial charge in [0.1, 0.15) is 5.75 Å². The Balaban J connectivity index is 2.01. The van der Waals surface area contributed by atoms with Gasteiger partial charge in [-0.15, -0.1) is 11.3 Å². The van der Waals surface area contributed by atoms with E-state index in [9.17, 15) is 8.42 Å². The quantitative estimate of drug-likeness (QED) is 0.842. The van der Waals surface area contributed by atoms with E-state index in [4.69, 9.17) is 4.74 Å². The van der Waals surface area contributed by atoms with Crippen molar-refractivity contribution in [1.29, 1.82) is 0 Å². The molecule has 0 radical (unpaired) electrons. The van der Waals surface area contributed by atoms with Gasteiger partial charge in [0.05, 0.1) is 18.0 Å². The summed E-state index contributed by atoms with van der Waals surface area (Å²) in [6.45, 7) is 4.45. The van der Waals surface area contributed by atoms with Crippen LogP contribution in [0.25, 0.3) is 0 Å². The van der Waals surface area contributed by atoms with Gasteiger partial charge in [-0.25, -0.2) is 8.42 Å². The van der Waals surface area contributed by atoms with Gasteiger partial charge in [0.15, 0.2) is 0 Å². The second-order valence-electron chi connectivity index (χ2n) is 5.72. The number of ether oxygens (including phenoxy) is 1. The zero-order chi connectivity index (χ0) is 16.6. The molecule has 1 aliphatic heterocycles. The molecule has 1 aromatic carbocycles. The molecule has 23 heavy (non-hydrogen) atoms. The Bertz CT molecular complexity index is 811. The molecule has 1 unspecified atom stereocenters. The van der Waals surface area contributed by atoms with Crippen LogP contribution in [0.15, 0.2) is 34.5 Å². The van der Waals surface area contributed by atoms with Crippen molar-refractivity contribution >= 4 is 21.4 Å². The highest BCUT2D eigenvalue weighted by atomic mass is 32.2. The van der Waals surface area contributed by atoms with Crippen molar-refractivity contribution in [3.05, 3.63) is 45.6 Å². The van der Waals surface area contributed by atoms with Gasteiger partial charge in [-0.1, -0.05) is 6.92 Å². The summed E-state index contributed by atoms with van der Waals surface area (Å²) in [4.78, 5) is 1.65. The minimum atomic E-state index is -3.51. The third kappa shape index (κ3) is 2.79. The summed E-state index contributed by atoms with van der Waals surface area (Å²) in [5.74, 6) is 0.703. The molecule has 0 aliphatic carbocycles. The molecule has 0 bridgehead atoms. The van der Waals surface area contributed by atoms with Crippen LogP contribution < -0.4 is 4.74 Å². The molecule has 1 aliphatic rings. The number of hydrogen-bond acceptors (Lipinski definition) is 4. The molecule has 0 fully saturated rings. The van der Waals surface area contributed by atoms with Crippen LogP contribution in [-0.2, 0) is 16.4 Å². The number of benzene rings is 1. The summed E-state index contributed by atoms with van der Waals surface area (Å²) in [6.07, 6.45) is 1.57. The van der Waals surface area contributed by atoms with Gasteiger partial charge in [0.2, 0.25) is 10.0 Å². The summed E-state index contributed by atoms with van der Waals surface area (Å²) in [5.41, 5.74) is 1.99. The number of fused-ring (bicyclic) bond motifs is 1. The lowest BCUT2D eigenvalue weighted by Gasteiger charge is -2.34. The van der Waals surface area contributed by atoms with Crippen molar-refractivity contribution in [3.8, 4) is 5.75 Å². The molecular formula is C17H21NO3S2. The number of aryl methyl sites for hydroxylation is 1. The Morgan fingerprint density at radius 2 is 2.13 bits per heavy atom. The lowest BCUT2D eigenvalue weighted by atomic mass is 10.0.